The second-order valence-corrected chi connectivity index (χ2v) is 7.03. The van der Waals surface area contributed by atoms with Crippen LogP contribution in [0.15, 0.2) is 0 Å². The van der Waals surface area contributed by atoms with Gasteiger partial charge in [0.15, 0.2) is 0 Å². The monoisotopic (exact) mass is 253 g/mol. The molecular formula is C15H27NO2. The molecule has 2 unspecified atom stereocenters. The third-order valence-electron chi connectivity index (χ3n) is 3.51. The van der Waals surface area contributed by atoms with Crippen molar-refractivity contribution >= 4 is 11.7 Å². The van der Waals surface area contributed by atoms with Crippen LogP contribution in [0.4, 0.5) is 0 Å². The molecule has 0 aromatic rings. The Balaban J connectivity index is 2.43. The Morgan fingerprint density at radius 1 is 1.44 bits per heavy atom. The van der Waals surface area contributed by atoms with Crippen molar-refractivity contribution in [1.29, 1.82) is 0 Å². The fraction of sp³-hybridized carbons (Fsp3) is 0.867. The molecule has 1 heterocycles. The van der Waals surface area contributed by atoms with Crippen LogP contribution >= 0.6 is 0 Å². The van der Waals surface area contributed by atoms with E-state index in [1.165, 1.54) is 0 Å². The van der Waals surface area contributed by atoms with E-state index in [2.05, 4.69) is 27.7 Å². The van der Waals surface area contributed by atoms with Crippen LogP contribution in [-0.2, 0) is 9.59 Å². The summed E-state index contributed by atoms with van der Waals surface area (Å²) in [5.41, 5.74) is 0.269. The van der Waals surface area contributed by atoms with Gasteiger partial charge in [-0.05, 0) is 17.8 Å². The molecule has 1 fully saturated rings. The molecule has 18 heavy (non-hydrogen) atoms. The summed E-state index contributed by atoms with van der Waals surface area (Å²) in [6, 6.07) is 0. The number of carbonyl (C=O) groups excluding carboxylic acids is 2. The van der Waals surface area contributed by atoms with Crippen molar-refractivity contribution < 1.29 is 9.59 Å². The van der Waals surface area contributed by atoms with Crippen LogP contribution in [0.2, 0.25) is 0 Å². The molecule has 1 aliphatic heterocycles. The standard InChI is InChI=1S/C15H27NO2/c1-11(9-15(3,4)5)8-14(18)16-7-6-13(17)12(2)10-16/h11-12H,6-10H2,1-5H3. The number of hydrogen-bond acceptors (Lipinski definition) is 2. The van der Waals surface area contributed by atoms with Crippen LogP contribution in [0.1, 0.15) is 53.9 Å². The number of carbonyl (C=O) groups is 2. The maximum absolute atomic E-state index is 12.2. The van der Waals surface area contributed by atoms with Gasteiger partial charge in [0.2, 0.25) is 5.91 Å². The summed E-state index contributed by atoms with van der Waals surface area (Å²) in [6.45, 7) is 11.9. The highest BCUT2D eigenvalue weighted by Gasteiger charge is 2.27. The van der Waals surface area contributed by atoms with E-state index < -0.39 is 0 Å². The molecule has 104 valence electrons. The largest absolute Gasteiger partial charge is 0.342 e. The summed E-state index contributed by atoms with van der Waals surface area (Å²) >= 11 is 0. The first kappa shape index (κ1) is 15.2. The smallest absolute Gasteiger partial charge is 0.222 e. The third kappa shape index (κ3) is 4.79. The van der Waals surface area contributed by atoms with E-state index in [0.717, 1.165) is 6.42 Å². The zero-order chi connectivity index (χ0) is 13.9. The number of ketones is 1. The molecule has 2 atom stereocenters. The molecular weight excluding hydrogens is 226 g/mol. The molecule has 0 saturated carbocycles. The number of hydrogen-bond donors (Lipinski definition) is 0. The number of likely N-dealkylation sites (tertiary alicyclic amines) is 1. The van der Waals surface area contributed by atoms with E-state index >= 15 is 0 Å². The molecule has 1 aliphatic rings. The van der Waals surface area contributed by atoms with Crippen molar-refractivity contribution in [2.75, 3.05) is 13.1 Å². The molecule has 0 bridgehead atoms. The maximum Gasteiger partial charge on any atom is 0.222 e. The van der Waals surface area contributed by atoms with Crippen LogP contribution in [0.5, 0.6) is 0 Å². The quantitative estimate of drug-likeness (QED) is 0.775. The molecule has 1 rings (SSSR count). The van der Waals surface area contributed by atoms with E-state index in [1.807, 2.05) is 11.8 Å². The Morgan fingerprint density at radius 2 is 2.06 bits per heavy atom. The molecule has 3 nitrogen and oxygen atoms in total. The second kappa shape index (κ2) is 5.85. The summed E-state index contributed by atoms with van der Waals surface area (Å²) in [5.74, 6) is 0.930. The Labute approximate surface area is 111 Å². The van der Waals surface area contributed by atoms with E-state index in [9.17, 15) is 9.59 Å². The summed E-state index contributed by atoms with van der Waals surface area (Å²) in [4.78, 5) is 25.5. The summed E-state index contributed by atoms with van der Waals surface area (Å²) < 4.78 is 0. The Morgan fingerprint density at radius 3 is 2.56 bits per heavy atom. The Kier molecular flexibility index (Phi) is 4.94. The van der Waals surface area contributed by atoms with E-state index in [4.69, 9.17) is 0 Å². The van der Waals surface area contributed by atoms with Crippen molar-refractivity contribution in [3.63, 3.8) is 0 Å². The van der Waals surface area contributed by atoms with Gasteiger partial charge in [0.25, 0.3) is 0 Å². The summed E-state index contributed by atoms with van der Waals surface area (Å²) in [7, 11) is 0. The first-order chi connectivity index (χ1) is 8.19. The fourth-order valence-corrected chi connectivity index (χ4v) is 2.79. The van der Waals surface area contributed by atoms with Crippen LogP contribution in [0.3, 0.4) is 0 Å². The van der Waals surface area contributed by atoms with Gasteiger partial charge < -0.3 is 4.90 Å². The summed E-state index contributed by atoms with van der Waals surface area (Å²) in [6.07, 6.45) is 2.19. The fourth-order valence-electron chi connectivity index (χ4n) is 2.79. The van der Waals surface area contributed by atoms with Crippen molar-refractivity contribution in [3.05, 3.63) is 0 Å². The number of piperidine rings is 1. The molecule has 1 saturated heterocycles. The first-order valence-corrected chi connectivity index (χ1v) is 6.99. The highest BCUT2D eigenvalue weighted by Crippen LogP contribution is 2.26. The molecule has 0 aliphatic carbocycles. The van der Waals surface area contributed by atoms with Crippen LogP contribution < -0.4 is 0 Å². The van der Waals surface area contributed by atoms with Crippen molar-refractivity contribution in [1.82, 2.24) is 4.90 Å². The first-order valence-electron chi connectivity index (χ1n) is 6.99. The lowest BCUT2D eigenvalue weighted by Crippen LogP contribution is -2.43. The number of Topliss-reactive ketones (excluding diaryl/α,β-unsaturated/α-hetero) is 1. The molecule has 0 aromatic heterocycles. The highest BCUT2D eigenvalue weighted by atomic mass is 16.2. The lowest BCUT2D eigenvalue weighted by molar-refractivity contribution is -0.137. The number of amides is 1. The molecule has 1 amide bonds. The SMILES string of the molecule is CC(CC(=O)N1CCC(=O)C(C)C1)CC(C)(C)C. The molecule has 0 aromatic carbocycles. The van der Waals surface area contributed by atoms with E-state index in [1.54, 1.807) is 0 Å². The zero-order valence-electron chi connectivity index (χ0n) is 12.5. The van der Waals surface area contributed by atoms with Crippen molar-refractivity contribution in [2.24, 2.45) is 17.3 Å². The predicted octanol–water partition coefficient (Wildman–Crippen LogP) is 2.89. The minimum atomic E-state index is 0.0145. The van der Waals surface area contributed by atoms with E-state index in [0.29, 0.717) is 37.6 Å². The molecule has 0 radical (unpaired) electrons. The van der Waals surface area contributed by atoms with Gasteiger partial charge in [0.05, 0.1) is 0 Å². The second-order valence-electron chi connectivity index (χ2n) is 7.03. The van der Waals surface area contributed by atoms with Gasteiger partial charge in [0.1, 0.15) is 5.78 Å². The lowest BCUT2D eigenvalue weighted by atomic mass is 9.84. The van der Waals surface area contributed by atoms with Gasteiger partial charge in [-0.25, -0.2) is 0 Å². The van der Waals surface area contributed by atoms with E-state index in [-0.39, 0.29) is 17.2 Å². The number of nitrogens with zero attached hydrogens (tertiary/aromatic N) is 1. The van der Waals surface area contributed by atoms with Gasteiger partial charge in [-0.1, -0.05) is 34.6 Å². The van der Waals surface area contributed by atoms with Crippen LogP contribution in [0.25, 0.3) is 0 Å². The minimum absolute atomic E-state index is 0.0145. The van der Waals surface area contributed by atoms with Gasteiger partial charge >= 0.3 is 0 Å². The van der Waals surface area contributed by atoms with Gasteiger partial charge in [-0.15, -0.1) is 0 Å². The number of rotatable bonds is 3. The average molecular weight is 253 g/mol. The Hall–Kier alpha value is -0.860. The minimum Gasteiger partial charge on any atom is -0.342 e. The molecule has 0 N–H and O–H groups in total. The van der Waals surface area contributed by atoms with Gasteiger partial charge in [-0.3, -0.25) is 9.59 Å². The van der Waals surface area contributed by atoms with Crippen LogP contribution in [-0.4, -0.2) is 29.7 Å². The van der Waals surface area contributed by atoms with Gasteiger partial charge in [0, 0.05) is 31.8 Å². The predicted molar refractivity (Wildman–Crippen MR) is 73.2 cm³/mol. The lowest BCUT2D eigenvalue weighted by Gasteiger charge is -2.31. The van der Waals surface area contributed by atoms with Crippen molar-refractivity contribution in [2.45, 2.75) is 53.9 Å². The maximum atomic E-state index is 12.2. The zero-order valence-corrected chi connectivity index (χ0v) is 12.5. The highest BCUT2D eigenvalue weighted by molar-refractivity contribution is 5.85. The van der Waals surface area contributed by atoms with Gasteiger partial charge in [-0.2, -0.15) is 0 Å². The average Bonchev–Trinajstić information content (AvgIpc) is 2.18. The van der Waals surface area contributed by atoms with Crippen LogP contribution in [0, 0.1) is 17.3 Å². The normalized spacial score (nSPS) is 23.1. The molecule has 3 heteroatoms. The summed E-state index contributed by atoms with van der Waals surface area (Å²) in [5, 5.41) is 0. The molecule has 0 spiro atoms. The van der Waals surface area contributed by atoms with Crippen molar-refractivity contribution in [3.8, 4) is 0 Å². The third-order valence-corrected chi connectivity index (χ3v) is 3.51. The topological polar surface area (TPSA) is 37.4 Å². The Bertz CT molecular complexity index is 317.